The van der Waals surface area contributed by atoms with Gasteiger partial charge in [0, 0.05) is 30.9 Å². The number of urea groups is 1. The summed E-state index contributed by atoms with van der Waals surface area (Å²) in [7, 11) is 0. The maximum atomic E-state index is 11.8. The van der Waals surface area contributed by atoms with E-state index in [0.717, 1.165) is 18.7 Å². The van der Waals surface area contributed by atoms with E-state index in [9.17, 15) is 4.79 Å². The van der Waals surface area contributed by atoms with Crippen molar-refractivity contribution in [3.05, 3.63) is 35.2 Å². The number of thiophene rings is 1. The first-order valence-electron chi connectivity index (χ1n) is 7.11. The third-order valence-corrected chi connectivity index (χ3v) is 4.36. The number of hydrogen-bond donors (Lipinski definition) is 3. The van der Waals surface area contributed by atoms with Crippen LogP contribution in [0.5, 0.6) is 0 Å². The summed E-state index contributed by atoms with van der Waals surface area (Å²) >= 11 is 1.72. The van der Waals surface area contributed by atoms with E-state index in [1.165, 1.54) is 10.1 Å². The second kappa shape index (κ2) is 6.89. The molecule has 3 N–H and O–H groups in total. The van der Waals surface area contributed by atoms with Crippen molar-refractivity contribution in [2.75, 3.05) is 26.2 Å². The SMILES string of the molecule is O=C(NCc1ccc2sccc2c1)NC[C@@H]1CNCCO1. The predicted molar refractivity (Wildman–Crippen MR) is 84.7 cm³/mol. The van der Waals surface area contributed by atoms with E-state index in [2.05, 4.69) is 39.5 Å². The third kappa shape index (κ3) is 3.93. The minimum absolute atomic E-state index is 0.0617. The fourth-order valence-corrected chi connectivity index (χ4v) is 3.10. The van der Waals surface area contributed by atoms with Crippen LogP contribution in [-0.4, -0.2) is 38.4 Å². The zero-order valence-corrected chi connectivity index (χ0v) is 12.5. The zero-order chi connectivity index (χ0) is 14.5. The molecule has 1 atom stereocenters. The number of fused-ring (bicyclic) bond motifs is 1. The Bertz CT molecular complexity index is 608. The summed E-state index contributed by atoms with van der Waals surface area (Å²) in [5.74, 6) is 0. The van der Waals surface area contributed by atoms with Gasteiger partial charge in [-0.25, -0.2) is 4.79 Å². The maximum Gasteiger partial charge on any atom is 0.315 e. The number of amides is 2. The van der Waals surface area contributed by atoms with E-state index < -0.39 is 0 Å². The van der Waals surface area contributed by atoms with Crippen LogP contribution in [0.15, 0.2) is 29.6 Å². The first-order chi connectivity index (χ1) is 10.3. The maximum absolute atomic E-state index is 11.8. The molecule has 1 saturated heterocycles. The topological polar surface area (TPSA) is 62.4 Å². The molecule has 0 saturated carbocycles. The van der Waals surface area contributed by atoms with Crippen molar-refractivity contribution in [3.8, 4) is 0 Å². The van der Waals surface area contributed by atoms with Crippen molar-refractivity contribution in [3.63, 3.8) is 0 Å². The smallest absolute Gasteiger partial charge is 0.315 e. The summed E-state index contributed by atoms with van der Waals surface area (Å²) in [4.78, 5) is 11.8. The van der Waals surface area contributed by atoms with Crippen LogP contribution in [-0.2, 0) is 11.3 Å². The molecule has 2 amide bonds. The van der Waals surface area contributed by atoms with Gasteiger partial charge in [-0.1, -0.05) is 6.07 Å². The Morgan fingerprint density at radius 1 is 1.38 bits per heavy atom. The third-order valence-electron chi connectivity index (χ3n) is 3.46. The lowest BCUT2D eigenvalue weighted by atomic mass is 10.2. The lowest BCUT2D eigenvalue weighted by molar-refractivity contribution is 0.0307. The molecule has 21 heavy (non-hydrogen) atoms. The average molecular weight is 305 g/mol. The Morgan fingerprint density at radius 3 is 3.19 bits per heavy atom. The summed E-state index contributed by atoms with van der Waals surface area (Å²) in [5.41, 5.74) is 1.10. The van der Waals surface area contributed by atoms with Crippen molar-refractivity contribution < 1.29 is 9.53 Å². The molecule has 0 radical (unpaired) electrons. The second-order valence-corrected chi connectivity index (χ2v) is 6.00. The fourth-order valence-electron chi connectivity index (χ4n) is 2.33. The van der Waals surface area contributed by atoms with Gasteiger partial charge in [0.05, 0.1) is 12.7 Å². The van der Waals surface area contributed by atoms with E-state index in [1.54, 1.807) is 11.3 Å². The van der Waals surface area contributed by atoms with Crippen molar-refractivity contribution >= 4 is 27.5 Å². The van der Waals surface area contributed by atoms with Crippen molar-refractivity contribution in [2.24, 2.45) is 0 Å². The van der Waals surface area contributed by atoms with Gasteiger partial charge in [0.2, 0.25) is 0 Å². The van der Waals surface area contributed by atoms with Crippen LogP contribution in [0.2, 0.25) is 0 Å². The van der Waals surface area contributed by atoms with Gasteiger partial charge in [-0.15, -0.1) is 11.3 Å². The second-order valence-electron chi connectivity index (χ2n) is 5.05. The summed E-state index contributed by atoms with van der Waals surface area (Å²) in [6.07, 6.45) is 0.0617. The van der Waals surface area contributed by atoms with Crippen LogP contribution in [0.1, 0.15) is 5.56 Å². The number of nitrogens with one attached hydrogen (secondary N) is 3. The Balaban J connectivity index is 1.44. The molecule has 0 spiro atoms. The van der Waals surface area contributed by atoms with Crippen molar-refractivity contribution in [1.82, 2.24) is 16.0 Å². The molecule has 1 aliphatic rings. The molecule has 0 aliphatic carbocycles. The molecular formula is C15H19N3O2S. The number of carbonyl (C=O) groups is 1. The van der Waals surface area contributed by atoms with Gasteiger partial charge < -0.3 is 20.7 Å². The Kier molecular flexibility index (Phi) is 4.69. The quantitative estimate of drug-likeness (QED) is 0.805. The number of hydrogen-bond acceptors (Lipinski definition) is 4. The van der Waals surface area contributed by atoms with Gasteiger partial charge in [-0.3, -0.25) is 0 Å². The van der Waals surface area contributed by atoms with Crippen LogP contribution in [0, 0.1) is 0 Å². The molecule has 3 rings (SSSR count). The summed E-state index contributed by atoms with van der Waals surface area (Å²) in [6, 6.07) is 8.19. The molecule has 2 aromatic rings. The van der Waals surface area contributed by atoms with Crippen molar-refractivity contribution in [2.45, 2.75) is 12.6 Å². The lowest BCUT2D eigenvalue weighted by Gasteiger charge is -2.23. The van der Waals surface area contributed by atoms with Gasteiger partial charge in [0.1, 0.15) is 0 Å². The van der Waals surface area contributed by atoms with Gasteiger partial charge in [0.25, 0.3) is 0 Å². The molecule has 1 fully saturated rings. The molecule has 112 valence electrons. The molecule has 1 aromatic carbocycles. The fraction of sp³-hybridized carbons (Fsp3) is 0.400. The zero-order valence-electron chi connectivity index (χ0n) is 11.7. The largest absolute Gasteiger partial charge is 0.374 e. The van der Waals surface area contributed by atoms with E-state index >= 15 is 0 Å². The standard InChI is InChI=1S/C15H19N3O2S/c19-15(18-10-13-9-16-4-5-20-13)17-8-11-1-2-14-12(7-11)3-6-21-14/h1-3,6-7,13,16H,4-5,8-10H2,(H2,17,18,19)/t13-/m0/s1. The lowest BCUT2D eigenvalue weighted by Crippen LogP contribution is -2.47. The molecular weight excluding hydrogens is 286 g/mol. The van der Waals surface area contributed by atoms with Gasteiger partial charge in [-0.05, 0) is 34.5 Å². The number of carbonyl (C=O) groups excluding carboxylic acids is 1. The molecule has 5 nitrogen and oxygen atoms in total. The first-order valence-corrected chi connectivity index (χ1v) is 7.99. The molecule has 2 heterocycles. The van der Waals surface area contributed by atoms with Gasteiger partial charge >= 0.3 is 6.03 Å². The minimum atomic E-state index is -0.158. The summed E-state index contributed by atoms with van der Waals surface area (Å²) in [6.45, 7) is 3.43. The normalized spacial score (nSPS) is 18.6. The highest BCUT2D eigenvalue weighted by Gasteiger charge is 2.13. The Morgan fingerprint density at radius 2 is 2.33 bits per heavy atom. The number of rotatable bonds is 4. The van der Waals surface area contributed by atoms with Gasteiger partial charge in [0.15, 0.2) is 0 Å². The van der Waals surface area contributed by atoms with Crippen molar-refractivity contribution in [1.29, 1.82) is 0 Å². The van der Waals surface area contributed by atoms with E-state index in [4.69, 9.17) is 4.74 Å². The van der Waals surface area contributed by atoms with E-state index in [0.29, 0.717) is 19.7 Å². The molecule has 1 aliphatic heterocycles. The van der Waals surface area contributed by atoms with Crippen LogP contribution in [0.3, 0.4) is 0 Å². The minimum Gasteiger partial charge on any atom is -0.374 e. The van der Waals surface area contributed by atoms with E-state index in [-0.39, 0.29) is 12.1 Å². The molecule has 0 unspecified atom stereocenters. The van der Waals surface area contributed by atoms with Gasteiger partial charge in [-0.2, -0.15) is 0 Å². The average Bonchev–Trinajstić information content (AvgIpc) is 2.99. The Labute approximate surface area is 127 Å². The summed E-state index contributed by atoms with van der Waals surface area (Å²) in [5, 5.41) is 12.2. The van der Waals surface area contributed by atoms with Crippen LogP contribution in [0.25, 0.3) is 10.1 Å². The van der Waals surface area contributed by atoms with Crippen LogP contribution < -0.4 is 16.0 Å². The first kappa shape index (κ1) is 14.3. The monoisotopic (exact) mass is 305 g/mol. The molecule has 6 heteroatoms. The van der Waals surface area contributed by atoms with E-state index in [1.807, 2.05) is 6.07 Å². The number of ether oxygens (including phenoxy) is 1. The highest BCUT2D eigenvalue weighted by molar-refractivity contribution is 7.17. The molecule has 0 bridgehead atoms. The van der Waals surface area contributed by atoms with Crippen LogP contribution >= 0.6 is 11.3 Å². The van der Waals surface area contributed by atoms with Crippen LogP contribution in [0.4, 0.5) is 4.79 Å². The highest BCUT2D eigenvalue weighted by atomic mass is 32.1. The number of benzene rings is 1. The molecule has 1 aromatic heterocycles. The number of morpholine rings is 1. The highest BCUT2D eigenvalue weighted by Crippen LogP contribution is 2.21. The Hall–Kier alpha value is -1.63. The predicted octanol–water partition coefficient (Wildman–Crippen LogP) is 1.69. The summed E-state index contributed by atoms with van der Waals surface area (Å²) < 4.78 is 6.80.